The summed E-state index contributed by atoms with van der Waals surface area (Å²) in [5.41, 5.74) is 0.331. The third kappa shape index (κ3) is 5.74. The van der Waals surface area contributed by atoms with Crippen LogP contribution in [0.4, 0.5) is 17.6 Å². The number of allylic oxidation sites excluding steroid dienone is 1. The maximum atomic E-state index is 15.1. The van der Waals surface area contributed by atoms with E-state index in [0.29, 0.717) is 13.2 Å². The highest BCUT2D eigenvalue weighted by Gasteiger charge is 2.38. The molecular formula is C27H33BF4O2. The average Bonchev–Trinajstić information content (AvgIpc) is 2.77. The maximum absolute atomic E-state index is 15.1. The molecule has 0 spiro atoms. The molecule has 34 heavy (non-hydrogen) atoms. The van der Waals surface area contributed by atoms with Crippen LogP contribution in [0.3, 0.4) is 0 Å². The third-order valence-electron chi connectivity index (χ3n) is 6.64. The summed E-state index contributed by atoms with van der Waals surface area (Å²) in [5, 5.41) is -1.18. The molecule has 1 aliphatic heterocycles. The van der Waals surface area contributed by atoms with Gasteiger partial charge in [-0.1, -0.05) is 76.0 Å². The topological polar surface area (TPSA) is 18.5 Å². The van der Waals surface area contributed by atoms with Gasteiger partial charge in [-0.2, -0.15) is 0 Å². The van der Waals surface area contributed by atoms with Crippen LogP contribution in [-0.2, 0) is 21.4 Å². The molecule has 0 N–H and O–H groups in total. The number of rotatable bonds is 11. The van der Waals surface area contributed by atoms with Crippen LogP contribution in [0.25, 0.3) is 6.08 Å². The first-order valence-electron chi connectivity index (χ1n) is 11.9. The zero-order valence-electron chi connectivity index (χ0n) is 20.4. The molecule has 0 bridgehead atoms. The van der Waals surface area contributed by atoms with Gasteiger partial charge in [0.25, 0.3) is 0 Å². The van der Waals surface area contributed by atoms with Gasteiger partial charge in [-0.3, -0.25) is 0 Å². The van der Waals surface area contributed by atoms with Gasteiger partial charge in [-0.25, -0.2) is 17.6 Å². The highest BCUT2D eigenvalue weighted by Crippen LogP contribution is 2.35. The van der Waals surface area contributed by atoms with Crippen LogP contribution in [0.5, 0.6) is 0 Å². The Morgan fingerprint density at radius 1 is 1.00 bits per heavy atom. The lowest BCUT2D eigenvalue weighted by Gasteiger charge is -2.40. The minimum atomic E-state index is -1.39. The van der Waals surface area contributed by atoms with Gasteiger partial charge in [0, 0.05) is 11.0 Å². The normalized spacial score (nSPS) is 15.5. The van der Waals surface area contributed by atoms with Crippen molar-refractivity contribution in [2.24, 2.45) is 5.41 Å². The van der Waals surface area contributed by atoms with E-state index >= 15 is 8.78 Å². The fourth-order valence-electron chi connectivity index (χ4n) is 4.28. The number of unbranched alkanes of at least 4 members (excludes halogenated alkanes) is 1. The van der Waals surface area contributed by atoms with Gasteiger partial charge in [-0.05, 0) is 23.7 Å². The highest BCUT2D eigenvalue weighted by molar-refractivity contribution is 6.56. The molecule has 0 unspecified atom stereocenters. The summed E-state index contributed by atoms with van der Waals surface area (Å²) in [4.78, 5) is 0. The van der Waals surface area contributed by atoms with Gasteiger partial charge < -0.3 is 9.47 Å². The van der Waals surface area contributed by atoms with E-state index in [0.717, 1.165) is 30.3 Å². The second-order valence-electron chi connectivity index (χ2n) is 9.94. The van der Waals surface area contributed by atoms with Crippen molar-refractivity contribution in [1.29, 1.82) is 0 Å². The van der Waals surface area contributed by atoms with Crippen molar-refractivity contribution < 1.29 is 27.0 Å². The average molecular weight is 476 g/mol. The van der Waals surface area contributed by atoms with Crippen molar-refractivity contribution >= 4 is 18.8 Å². The predicted molar refractivity (Wildman–Crippen MR) is 130 cm³/mol. The second kappa shape index (κ2) is 11.1. The van der Waals surface area contributed by atoms with Crippen molar-refractivity contribution in [1.82, 2.24) is 0 Å². The van der Waals surface area contributed by atoms with E-state index < -0.39 is 46.3 Å². The number of benzene rings is 2. The molecular weight excluding hydrogens is 443 g/mol. The van der Waals surface area contributed by atoms with E-state index in [2.05, 4.69) is 13.0 Å². The summed E-state index contributed by atoms with van der Waals surface area (Å²) in [5.74, 6) is -5.51. The van der Waals surface area contributed by atoms with Crippen LogP contribution >= 0.6 is 0 Å². The highest BCUT2D eigenvalue weighted by atomic mass is 19.2. The number of hydrogen-bond donors (Lipinski definition) is 0. The molecule has 2 aromatic rings. The Morgan fingerprint density at radius 2 is 1.62 bits per heavy atom. The van der Waals surface area contributed by atoms with E-state index in [9.17, 15) is 8.78 Å². The van der Waals surface area contributed by atoms with Crippen LogP contribution in [0.2, 0.25) is 0 Å². The van der Waals surface area contributed by atoms with Crippen LogP contribution < -0.4 is 5.46 Å². The van der Waals surface area contributed by atoms with Gasteiger partial charge in [0.05, 0.1) is 32.0 Å². The lowest BCUT2D eigenvalue weighted by atomic mass is 9.48. The molecule has 0 amide bonds. The van der Waals surface area contributed by atoms with E-state index in [1.165, 1.54) is 0 Å². The molecule has 0 aromatic heterocycles. The van der Waals surface area contributed by atoms with Crippen molar-refractivity contribution in [3.05, 3.63) is 70.3 Å². The van der Waals surface area contributed by atoms with Crippen LogP contribution in [0.15, 0.2) is 30.3 Å². The van der Waals surface area contributed by atoms with Crippen molar-refractivity contribution in [2.45, 2.75) is 58.9 Å². The lowest BCUT2D eigenvalue weighted by Crippen LogP contribution is -2.45. The van der Waals surface area contributed by atoms with Gasteiger partial charge in [-0.15, -0.1) is 0 Å². The Bertz CT molecular complexity index is 980. The molecule has 0 aliphatic carbocycles. The van der Waals surface area contributed by atoms with Gasteiger partial charge in [0.2, 0.25) is 0 Å². The van der Waals surface area contributed by atoms with Gasteiger partial charge in [0.15, 0.2) is 30.5 Å². The van der Waals surface area contributed by atoms with E-state index in [4.69, 9.17) is 9.47 Å². The van der Waals surface area contributed by atoms with Crippen LogP contribution in [-0.4, -0.2) is 27.1 Å². The Hall–Kier alpha value is -2.12. The minimum absolute atomic E-state index is 0.201. The number of halogens is 4. The van der Waals surface area contributed by atoms with E-state index in [1.807, 2.05) is 37.3 Å². The Balaban J connectivity index is 1.78. The van der Waals surface area contributed by atoms with Crippen molar-refractivity contribution in [3.8, 4) is 0 Å². The predicted octanol–water partition coefficient (Wildman–Crippen LogP) is 6.00. The molecule has 184 valence electrons. The first kappa shape index (κ1) is 26.5. The molecule has 0 saturated carbocycles. The summed E-state index contributed by atoms with van der Waals surface area (Å²) in [6.07, 6.45) is 6.93. The number of hydrogen-bond acceptors (Lipinski definition) is 2. The molecule has 0 atom stereocenters. The second-order valence-corrected chi connectivity index (χ2v) is 9.94. The Kier molecular flexibility index (Phi) is 8.64. The first-order chi connectivity index (χ1) is 16.1. The molecule has 7 heteroatoms. The molecule has 3 rings (SSSR count). The third-order valence-corrected chi connectivity index (χ3v) is 6.64. The summed E-state index contributed by atoms with van der Waals surface area (Å²) >= 11 is 0. The van der Waals surface area contributed by atoms with Crippen molar-refractivity contribution in [2.75, 3.05) is 19.8 Å². The molecule has 1 heterocycles. The smallest absolute Gasteiger partial charge is 0.169 e. The molecule has 2 nitrogen and oxygen atoms in total. The zero-order valence-corrected chi connectivity index (χ0v) is 20.4. The van der Waals surface area contributed by atoms with E-state index in [1.54, 1.807) is 13.8 Å². The maximum Gasteiger partial charge on any atom is 0.169 e. The Labute approximate surface area is 200 Å². The largest absolute Gasteiger partial charge is 0.380 e. The minimum Gasteiger partial charge on any atom is -0.380 e. The van der Waals surface area contributed by atoms with Gasteiger partial charge in [0.1, 0.15) is 0 Å². The molecule has 1 saturated heterocycles. The monoisotopic (exact) mass is 476 g/mol. The molecule has 1 fully saturated rings. The summed E-state index contributed by atoms with van der Waals surface area (Å²) < 4.78 is 70.6. The van der Waals surface area contributed by atoms with Gasteiger partial charge >= 0.3 is 0 Å². The van der Waals surface area contributed by atoms with E-state index in [-0.39, 0.29) is 19.3 Å². The Morgan fingerprint density at radius 3 is 2.12 bits per heavy atom. The molecule has 1 aliphatic rings. The summed E-state index contributed by atoms with van der Waals surface area (Å²) in [6.45, 7) is 7.91. The van der Waals surface area contributed by atoms with Crippen LogP contribution in [0.1, 0.15) is 63.6 Å². The van der Waals surface area contributed by atoms with Crippen molar-refractivity contribution in [3.63, 3.8) is 0 Å². The SMILES string of the molecule is CCC/C=C/c1ccc(BC(C)(C)c2c(F)c(F)c(COCC3(CC)COC3)c(F)c2F)cc1. The van der Waals surface area contributed by atoms with Crippen LogP contribution in [0, 0.1) is 28.7 Å². The standard InChI is InChI=1S/C27H33BF4O2/c1-5-7-8-9-18-10-12-19(13-11-18)28-26(3,4)21-24(31)22(29)20(23(30)25(21)32)14-33-15-27(6-2)16-34-17-27/h8-13,28H,5-7,14-17H2,1-4H3/b9-8+. The number of ether oxygens (including phenoxy) is 2. The molecule has 2 aromatic carbocycles. The lowest BCUT2D eigenvalue weighted by molar-refractivity contribution is -0.152. The first-order valence-corrected chi connectivity index (χ1v) is 11.9. The fourth-order valence-corrected chi connectivity index (χ4v) is 4.28. The summed E-state index contributed by atoms with van der Waals surface area (Å²) in [6, 6.07) is 7.57. The molecule has 0 radical (unpaired) electrons. The zero-order chi connectivity index (χ0) is 24.9. The fraction of sp³-hybridized carbons (Fsp3) is 0.481. The quantitative estimate of drug-likeness (QED) is 0.225. The summed E-state index contributed by atoms with van der Waals surface area (Å²) in [7, 11) is 0.216.